The van der Waals surface area contributed by atoms with Gasteiger partial charge in [0.05, 0.1) is 11.6 Å². The van der Waals surface area contributed by atoms with Crippen molar-refractivity contribution >= 4 is 26.8 Å². The number of aliphatic hydroxyl groups is 1. The molecule has 0 saturated heterocycles. The first-order valence-electron chi connectivity index (χ1n) is 6.78. The van der Waals surface area contributed by atoms with E-state index in [1.165, 1.54) is 0 Å². The number of aryl methyl sites for hydroxylation is 1. The van der Waals surface area contributed by atoms with Crippen molar-refractivity contribution in [3.05, 3.63) is 70.1 Å². The molecule has 3 aromatic rings. The Balaban J connectivity index is 1.97. The molecule has 1 unspecified atom stereocenters. The van der Waals surface area contributed by atoms with E-state index in [-0.39, 0.29) is 0 Å². The summed E-state index contributed by atoms with van der Waals surface area (Å²) in [5, 5.41) is 11.6. The first-order valence-corrected chi connectivity index (χ1v) is 7.57. The fourth-order valence-corrected chi connectivity index (χ4v) is 2.69. The zero-order valence-electron chi connectivity index (χ0n) is 11.6. The number of aromatic nitrogens is 2. The minimum Gasteiger partial charge on any atom is -0.388 e. The molecule has 0 fully saturated rings. The van der Waals surface area contributed by atoms with Crippen molar-refractivity contribution in [3.8, 4) is 0 Å². The van der Waals surface area contributed by atoms with Crippen LogP contribution in [-0.2, 0) is 6.42 Å². The lowest BCUT2D eigenvalue weighted by Crippen LogP contribution is -2.05. The van der Waals surface area contributed by atoms with Gasteiger partial charge in [-0.15, -0.1) is 0 Å². The molecule has 2 heterocycles. The van der Waals surface area contributed by atoms with Gasteiger partial charge in [-0.3, -0.25) is 9.97 Å². The summed E-state index contributed by atoms with van der Waals surface area (Å²) in [6.45, 7) is 1.94. The van der Waals surface area contributed by atoms with Crippen molar-refractivity contribution in [2.45, 2.75) is 19.4 Å². The van der Waals surface area contributed by atoms with Gasteiger partial charge in [-0.25, -0.2) is 0 Å². The number of benzene rings is 1. The molecular formula is C17H15BrN2O. The molecule has 3 nitrogen and oxygen atoms in total. The summed E-state index contributed by atoms with van der Waals surface area (Å²) in [5.41, 5.74) is 3.59. The van der Waals surface area contributed by atoms with Gasteiger partial charge in [0.25, 0.3) is 0 Å². The lowest BCUT2D eigenvalue weighted by atomic mass is 9.99. The van der Waals surface area contributed by atoms with E-state index in [0.29, 0.717) is 6.42 Å². The maximum atomic E-state index is 10.6. The highest BCUT2D eigenvalue weighted by Gasteiger charge is 2.14. The van der Waals surface area contributed by atoms with Crippen LogP contribution in [-0.4, -0.2) is 15.1 Å². The SMILES string of the molecule is Cc1cc(C(O)Cc2ccc(Br)cn2)c2ccccc2n1. The fraction of sp³-hybridized carbons (Fsp3) is 0.176. The summed E-state index contributed by atoms with van der Waals surface area (Å²) in [7, 11) is 0. The molecule has 0 aliphatic heterocycles. The molecule has 4 heteroatoms. The Labute approximate surface area is 131 Å². The lowest BCUT2D eigenvalue weighted by Gasteiger charge is -2.14. The summed E-state index contributed by atoms with van der Waals surface area (Å²) in [4.78, 5) is 8.83. The molecule has 106 valence electrons. The number of rotatable bonds is 3. The maximum Gasteiger partial charge on any atom is 0.0852 e. The molecular weight excluding hydrogens is 328 g/mol. The quantitative estimate of drug-likeness (QED) is 0.783. The van der Waals surface area contributed by atoms with E-state index in [9.17, 15) is 5.11 Å². The summed E-state index contributed by atoms with van der Waals surface area (Å²) >= 11 is 3.37. The normalized spacial score (nSPS) is 12.5. The van der Waals surface area contributed by atoms with Crippen LogP contribution >= 0.6 is 15.9 Å². The molecule has 0 bridgehead atoms. The predicted octanol–water partition coefficient (Wildman–Crippen LogP) is 3.98. The molecule has 0 spiro atoms. The number of pyridine rings is 2. The van der Waals surface area contributed by atoms with E-state index < -0.39 is 6.10 Å². The van der Waals surface area contributed by atoms with Crippen LogP contribution in [0, 0.1) is 6.92 Å². The molecule has 2 aromatic heterocycles. The van der Waals surface area contributed by atoms with Crippen molar-refractivity contribution in [1.82, 2.24) is 9.97 Å². The topological polar surface area (TPSA) is 46.0 Å². The third kappa shape index (κ3) is 3.12. The molecule has 0 aliphatic carbocycles. The van der Waals surface area contributed by atoms with Crippen molar-refractivity contribution in [2.75, 3.05) is 0 Å². The van der Waals surface area contributed by atoms with Gasteiger partial charge in [-0.05, 0) is 52.7 Å². The van der Waals surface area contributed by atoms with Crippen molar-refractivity contribution in [1.29, 1.82) is 0 Å². The zero-order chi connectivity index (χ0) is 14.8. The predicted molar refractivity (Wildman–Crippen MR) is 87.1 cm³/mol. The average molecular weight is 343 g/mol. The van der Waals surface area contributed by atoms with E-state index in [1.807, 2.05) is 49.4 Å². The number of fused-ring (bicyclic) bond motifs is 1. The summed E-state index contributed by atoms with van der Waals surface area (Å²) in [5.74, 6) is 0. The first kappa shape index (κ1) is 14.2. The second-order valence-corrected chi connectivity index (χ2v) is 5.97. The van der Waals surface area contributed by atoms with Gasteiger partial charge in [0.1, 0.15) is 0 Å². The van der Waals surface area contributed by atoms with E-state index in [1.54, 1.807) is 6.20 Å². The van der Waals surface area contributed by atoms with Crippen LogP contribution in [0.1, 0.15) is 23.1 Å². The number of nitrogens with zero attached hydrogens (tertiary/aromatic N) is 2. The fourth-order valence-electron chi connectivity index (χ4n) is 2.45. The zero-order valence-corrected chi connectivity index (χ0v) is 13.2. The van der Waals surface area contributed by atoms with Gasteiger partial charge < -0.3 is 5.11 Å². The van der Waals surface area contributed by atoms with Crippen LogP contribution in [0.4, 0.5) is 0 Å². The highest BCUT2D eigenvalue weighted by Crippen LogP contribution is 2.26. The number of hydrogen-bond donors (Lipinski definition) is 1. The van der Waals surface area contributed by atoms with Gasteiger partial charge in [-0.2, -0.15) is 0 Å². The molecule has 3 rings (SSSR count). The molecule has 1 N–H and O–H groups in total. The highest BCUT2D eigenvalue weighted by molar-refractivity contribution is 9.10. The molecule has 0 aliphatic rings. The molecule has 0 radical (unpaired) electrons. The van der Waals surface area contributed by atoms with Gasteiger partial charge in [-0.1, -0.05) is 18.2 Å². The van der Waals surface area contributed by atoms with Crippen LogP contribution in [0.15, 0.2) is 53.1 Å². The van der Waals surface area contributed by atoms with Crippen LogP contribution in [0.25, 0.3) is 10.9 Å². The van der Waals surface area contributed by atoms with E-state index in [2.05, 4.69) is 25.9 Å². The van der Waals surface area contributed by atoms with E-state index in [4.69, 9.17) is 0 Å². The minimum atomic E-state index is -0.592. The largest absolute Gasteiger partial charge is 0.388 e. The van der Waals surface area contributed by atoms with Gasteiger partial charge in [0, 0.05) is 33.9 Å². The Bertz CT molecular complexity index is 771. The Kier molecular flexibility index (Phi) is 3.99. The smallest absolute Gasteiger partial charge is 0.0852 e. The molecule has 0 saturated carbocycles. The maximum absolute atomic E-state index is 10.6. The van der Waals surface area contributed by atoms with Crippen LogP contribution in [0.5, 0.6) is 0 Å². The Morgan fingerprint density at radius 3 is 2.76 bits per heavy atom. The van der Waals surface area contributed by atoms with Crippen LogP contribution in [0.3, 0.4) is 0 Å². The summed E-state index contributed by atoms with van der Waals surface area (Å²) in [6.07, 6.45) is 1.64. The third-order valence-corrected chi connectivity index (χ3v) is 3.90. The van der Waals surface area contributed by atoms with Gasteiger partial charge in [0.2, 0.25) is 0 Å². The van der Waals surface area contributed by atoms with Gasteiger partial charge >= 0.3 is 0 Å². The molecule has 1 atom stereocenters. The number of halogens is 1. The van der Waals surface area contributed by atoms with Crippen LogP contribution in [0.2, 0.25) is 0 Å². The standard InChI is InChI=1S/C17H15BrN2O/c1-11-8-15(14-4-2-3-5-16(14)20-11)17(21)9-13-7-6-12(18)10-19-13/h2-8,10,17,21H,9H2,1H3. The van der Waals surface area contributed by atoms with E-state index in [0.717, 1.165) is 32.3 Å². The number of aliphatic hydroxyl groups excluding tert-OH is 1. The lowest BCUT2D eigenvalue weighted by molar-refractivity contribution is 0.178. The highest BCUT2D eigenvalue weighted by atomic mass is 79.9. The molecule has 0 amide bonds. The Morgan fingerprint density at radius 2 is 2.00 bits per heavy atom. The third-order valence-electron chi connectivity index (χ3n) is 3.43. The van der Waals surface area contributed by atoms with Crippen LogP contribution < -0.4 is 0 Å². The van der Waals surface area contributed by atoms with Gasteiger partial charge in [0.15, 0.2) is 0 Å². The first-order chi connectivity index (χ1) is 10.1. The number of hydrogen-bond acceptors (Lipinski definition) is 3. The minimum absolute atomic E-state index is 0.487. The summed E-state index contributed by atoms with van der Waals surface area (Å²) < 4.78 is 0.936. The number of para-hydroxylation sites is 1. The van der Waals surface area contributed by atoms with E-state index >= 15 is 0 Å². The summed E-state index contributed by atoms with van der Waals surface area (Å²) in [6, 6.07) is 13.7. The Hall–Kier alpha value is -1.78. The monoisotopic (exact) mass is 342 g/mol. The Morgan fingerprint density at radius 1 is 1.19 bits per heavy atom. The van der Waals surface area contributed by atoms with Crippen molar-refractivity contribution in [3.63, 3.8) is 0 Å². The second kappa shape index (κ2) is 5.92. The average Bonchev–Trinajstić information content (AvgIpc) is 2.48. The molecule has 1 aromatic carbocycles. The molecule has 21 heavy (non-hydrogen) atoms. The van der Waals surface area contributed by atoms with Crippen molar-refractivity contribution < 1.29 is 5.11 Å². The van der Waals surface area contributed by atoms with Crippen molar-refractivity contribution in [2.24, 2.45) is 0 Å². The second-order valence-electron chi connectivity index (χ2n) is 5.06.